The van der Waals surface area contributed by atoms with Gasteiger partial charge in [-0.15, -0.1) is 5.10 Å². The summed E-state index contributed by atoms with van der Waals surface area (Å²) in [6.07, 6.45) is 5.89. The summed E-state index contributed by atoms with van der Waals surface area (Å²) in [6, 6.07) is 3.55. The topological polar surface area (TPSA) is 88.4 Å². The summed E-state index contributed by atoms with van der Waals surface area (Å²) >= 11 is 0. The fourth-order valence-corrected chi connectivity index (χ4v) is 5.88. The molecule has 8 nitrogen and oxygen atoms in total. The number of benzene rings is 1. The van der Waals surface area contributed by atoms with Crippen LogP contribution >= 0.6 is 0 Å². The average molecular weight is 373 g/mol. The van der Waals surface area contributed by atoms with Gasteiger partial charge in [-0.1, -0.05) is 5.21 Å². The molecule has 1 amide bonds. The van der Waals surface area contributed by atoms with Gasteiger partial charge in [-0.2, -0.15) is 4.31 Å². The maximum atomic E-state index is 13.2. The van der Waals surface area contributed by atoms with Crippen LogP contribution in [0.2, 0.25) is 0 Å². The molecule has 26 heavy (non-hydrogen) atoms. The summed E-state index contributed by atoms with van der Waals surface area (Å²) in [5, 5.41) is 7.80. The lowest BCUT2D eigenvalue weighted by atomic mass is 10.00. The van der Waals surface area contributed by atoms with Crippen molar-refractivity contribution in [2.75, 3.05) is 24.5 Å². The molecule has 9 heteroatoms. The number of nitrogens with zero attached hydrogens (tertiary/aromatic N) is 5. The highest BCUT2D eigenvalue weighted by Crippen LogP contribution is 2.39. The lowest BCUT2D eigenvalue weighted by Crippen LogP contribution is -2.33. The van der Waals surface area contributed by atoms with Crippen molar-refractivity contribution in [3.63, 3.8) is 0 Å². The Hall–Kier alpha value is -2.26. The average Bonchev–Trinajstić information content (AvgIpc) is 3.38. The normalized spacial score (nSPS) is 22.8. The van der Waals surface area contributed by atoms with Crippen molar-refractivity contribution in [2.45, 2.75) is 36.6 Å². The number of aromatic nitrogens is 3. The van der Waals surface area contributed by atoms with Crippen LogP contribution in [0, 0.1) is 0 Å². The Labute approximate surface area is 151 Å². The predicted molar refractivity (Wildman–Crippen MR) is 93.3 cm³/mol. The monoisotopic (exact) mass is 373 g/mol. The number of aryl methyl sites for hydroxylation is 1. The highest BCUT2D eigenvalue weighted by atomic mass is 32.2. The van der Waals surface area contributed by atoms with Gasteiger partial charge in [0.15, 0.2) is 0 Å². The number of hydrogen-bond donors (Lipinski definition) is 0. The molecule has 136 valence electrons. The first-order valence-corrected chi connectivity index (χ1v) is 10.3. The zero-order chi connectivity index (χ0) is 17.9. The Bertz CT molecular complexity index is 986. The van der Waals surface area contributed by atoms with Gasteiger partial charge in [-0.25, -0.2) is 13.1 Å². The third-order valence-corrected chi connectivity index (χ3v) is 7.45. The summed E-state index contributed by atoms with van der Waals surface area (Å²) in [4.78, 5) is 14.2. The molecule has 1 aromatic heterocycles. The van der Waals surface area contributed by atoms with Crippen molar-refractivity contribution in [1.29, 1.82) is 0 Å². The summed E-state index contributed by atoms with van der Waals surface area (Å²) in [5.74, 6) is 0.141. The van der Waals surface area contributed by atoms with Crippen LogP contribution in [0.3, 0.4) is 0 Å². The Balaban J connectivity index is 1.48. The number of carbonyl (C=O) groups is 1. The van der Waals surface area contributed by atoms with E-state index < -0.39 is 10.0 Å². The van der Waals surface area contributed by atoms with Gasteiger partial charge in [-0.05, 0) is 42.5 Å². The minimum Gasteiger partial charge on any atom is -0.312 e. The fourth-order valence-electron chi connectivity index (χ4n) is 4.28. The van der Waals surface area contributed by atoms with Crippen molar-refractivity contribution in [2.24, 2.45) is 0 Å². The smallest absolute Gasteiger partial charge is 0.243 e. The molecule has 2 aromatic rings. The van der Waals surface area contributed by atoms with Crippen molar-refractivity contribution in [3.8, 4) is 0 Å². The molecule has 1 aromatic carbocycles. The first kappa shape index (κ1) is 16.0. The zero-order valence-corrected chi connectivity index (χ0v) is 15.0. The second kappa shape index (κ2) is 5.62. The van der Waals surface area contributed by atoms with Crippen LogP contribution in [0.1, 0.15) is 30.0 Å². The standard InChI is InChI=1S/C17H19N5O3S/c23-16-2-1-12-9-15(10-13-3-7-21(16)17(12)13)26(24,25)20-6-4-14(11-20)22-8-5-18-19-22/h5,8-10,14H,1-4,6-7,11H2. The molecule has 0 aliphatic carbocycles. The molecular formula is C17H19N5O3S. The highest BCUT2D eigenvalue weighted by molar-refractivity contribution is 7.89. The number of hydrogen-bond acceptors (Lipinski definition) is 5. The van der Waals surface area contributed by atoms with E-state index in [1.54, 1.807) is 34.1 Å². The second-order valence-corrected chi connectivity index (χ2v) is 9.01. The van der Waals surface area contributed by atoms with Gasteiger partial charge in [0, 0.05) is 32.3 Å². The molecule has 0 saturated carbocycles. The van der Waals surface area contributed by atoms with Crippen molar-refractivity contribution in [3.05, 3.63) is 35.7 Å². The molecule has 5 rings (SSSR count). The molecule has 0 N–H and O–H groups in total. The van der Waals surface area contributed by atoms with Crippen molar-refractivity contribution < 1.29 is 13.2 Å². The summed E-state index contributed by atoms with van der Waals surface area (Å²) in [7, 11) is -3.56. The second-order valence-electron chi connectivity index (χ2n) is 7.07. The quantitative estimate of drug-likeness (QED) is 0.792. The lowest BCUT2D eigenvalue weighted by Gasteiger charge is -2.26. The largest absolute Gasteiger partial charge is 0.312 e. The highest BCUT2D eigenvalue weighted by Gasteiger charge is 2.37. The van der Waals surface area contributed by atoms with Gasteiger partial charge in [0.1, 0.15) is 0 Å². The number of sulfonamides is 1. The van der Waals surface area contributed by atoms with E-state index in [1.165, 1.54) is 4.31 Å². The van der Waals surface area contributed by atoms with Gasteiger partial charge in [0.05, 0.1) is 22.8 Å². The maximum absolute atomic E-state index is 13.2. The molecular weight excluding hydrogens is 354 g/mol. The van der Waals surface area contributed by atoms with Gasteiger partial charge >= 0.3 is 0 Å². The SMILES string of the molecule is O=C1CCc2cc(S(=O)(=O)N3CCC(n4ccnn4)C3)cc3c2N1CC3. The Kier molecular flexibility index (Phi) is 3.45. The third kappa shape index (κ3) is 2.30. The molecule has 3 aliphatic heterocycles. The fraction of sp³-hybridized carbons (Fsp3) is 0.471. The van der Waals surface area contributed by atoms with Gasteiger partial charge in [-0.3, -0.25) is 4.79 Å². The first-order chi connectivity index (χ1) is 12.5. The predicted octanol–water partition coefficient (Wildman–Crippen LogP) is 0.749. The van der Waals surface area contributed by atoms with Gasteiger partial charge in [0.2, 0.25) is 15.9 Å². The summed E-state index contributed by atoms with van der Waals surface area (Å²) in [5.41, 5.74) is 2.90. The van der Waals surface area contributed by atoms with Crippen molar-refractivity contribution >= 4 is 21.6 Å². The van der Waals surface area contributed by atoms with Crippen LogP contribution in [0.4, 0.5) is 5.69 Å². The molecule has 1 saturated heterocycles. The summed E-state index contributed by atoms with van der Waals surface area (Å²) in [6.45, 7) is 1.54. The number of rotatable bonds is 3. The zero-order valence-electron chi connectivity index (χ0n) is 14.2. The Morgan fingerprint density at radius 3 is 2.65 bits per heavy atom. The van der Waals surface area contributed by atoms with E-state index >= 15 is 0 Å². The Morgan fingerprint density at radius 1 is 1.08 bits per heavy atom. The number of amides is 1. The minimum atomic E-state index is -3.56. The van der Waals surface area contributed by atoms with Crippen LogP contribution in [0.15, 0.2) is 29.4 Å². The Morgan fingerprint density at radius 2 is 1.88 bits per heavy atom. The number of anilines is 1. The van der Waals surface area contributed by atoms with Crippen LogP contribution in [0.25, 0.3) is 0 Å². The van der Waals surface area contributed by atoms with E-state index in [2.05, 4.69) is 10.3 Å². The van der Waals surface area contributed by atoms with E-state index in [-0.39, 0.29) is 11.9 Å². The van der Waals surface area contributed by atoms with Crippen LogP contribution < -0.4 is 4.90 Å². The van der Waals surface area contributed by atoms with Crippen LogP contribution in [-0.4, -0.2) is 53.3 Å². The van der Waals surface area contributed by atoms with Gasteiger partial charge in [0.25, 0.3) is 0 Å². The van der Waals surface area contributed by atoms with E-state index in [0.29, 0.717) is 37.4 Å². The molecule has 1 atom stereocenters. The van der Waals surface area contributed by atoms with E-state index in [0.717, 1.165) is 29.7 Å². The molecule has 3 aliphatic rings. The van der Waals surface area contributed by atoms with E-state index in [9.17, 15) is 13.2 Å². The summed E-state index contributed by atoms with van der Waals surface area (Å²) < 4.78 is 29.6. The molecule has 0 bridgehead atoms. The molecule has 1 unspecified atom stereocenters. The van der Waals surface area contributed by atoms with Crippen molar-refractivity contribution in [1.82, 2.24) is 19.3 Å². The van der Waals surface area contributed by atoms with E-state index in [1.807, 2.05) is 0 Å². The molecule has 1 fully saturated rings. The molecule has 4 heterocycles. The van der Waals surface area contributed by atoms with E-state index in [4.69, 9.17) is 0 Å². The molecule has 0 spiro atoms. The van der Waals surface area contributed by atoms with Crippen LogP contribution in [0.5, 0.6) is 0 Å². The minimum absolute atomic E-state index is 0.0215. The van der Waals surface area contributed by atoms with Crippen LogP contribution in [-0.2, 0) is 27.7 Å². The number of carbonyl (C=O) groups excluding carboxylic acids is 1. The first-order valence-electron chi connectivity index (χ1n) is 8.86. The maximum Gasteiger partial charge on any atom is 0.243 e. The van der Waals surface area contributed by atoms with Gasteiger partial charge < -0.3 is 4.90 Å². The lowest BCUT2D eigenvalue weighted by molar-refractivity contribution is -0.118. The molecule has 0 radical (unpaired) electrons. The third-order valence-electron chi connectivity index (χ3n) is 5.60.